The molecule has 1 aliphatic rings. The Morgan fingerprint density at radius 1 is 1.25 bits per heavy atom. The average molecular weight is 504 g/mol. The van der Waals surface area contributed by atoms with Gasteiger partial charge < -0.3 is 25.0 Å². The standard InChI is InChI=1S/C20H32N4O3.HI/c1-4-21-20(22-12-6-14-24-13-5-7-19(24)25)23-15-16(2)27-18-10-8-17(26-3)9-11-18;/h8-11,16H,4-7,12-15H2,1-3H3,(H2,21,22,23);1H. The first-order valence-corrected chi connectivity index (χ1v) is 9.73. The molecule has 0 radical (unpaired) electrons. The number of aliphatic imine (C=N–C) groups is 1. The Morgan fingerprint density at radius 2 is 1.96 bits per heavy atom. The van der Waals surface area contributed by atoms with Crippen molar-refractivity contribution in [1.82, 2.24) is 15.5 Å². The highest BCUT2D eigenvalue weighted by Gasteiger charge is 2.18. The van der Waals surface area contributed by atoms with Crippen LogP contribution >= 0.6 is 24.0 Å². The molecule has 0 saturated carbocycles. The lowest BCUT2D eigenvalue weighted by Crippen LogP contribution is -2.39. The molecule has 1 fully saturated rings. The van der Waals surface area contributed by atoms with Gasteiger partial charge in [0.2, 0.25) is 5.91 Å². The van der Waals surface area contributed by atoms with Crippen molar-refractivity contribution < 1.29 is 14.3 Å². The van der Waals surface area contributed by atoms with Crippen LogP contribution in [0.25, 0.3) is 0 Å². The number of ether oxygens (including phenoxy) is 2. The summed E-state index contributed by atoms with van der Waals surface area (Å²) in [5.74, 6) is 2.66. The number of amides is 1. The van der Waals surface area contributed by atoms with Gasteiger partial charge in [-0.1, -0.05) is 0 Å². The molecule has 1 saturated heterocycles. The Hall–Kier alpha value is -1.71. The van der Waals surface area contributed by atoms with Crippen molar-refractivity contribution in [1.29, 1.82) is 0 Å². The summed E-state index contributed by atoms with van der Waals surface area (Å²) < 4.78 is 11.0. The van der Waals surface area contributed by atoms with Crippen molar-refractivity contribution >= 4 is 35.8 Å². The first-order valence-electron chi connectivity index (χ1n) is 9.73. The van der Waals surface area contributed by atoms with E-state index in [1.807, 2.05) is 43.0 Å². The number of hydrogen-bond donors (Lipinski definition) is 2. The fraction of sp³-hybridized carbons (Fsp3) is 0.600. The Balaban J connectivity index is 0.00000392. The number of guanidine groups is 1. The first kappa shape index (κ1) is 24.3. The molecule has 1 heterocycles. The molecule has 158 valence electrons. The molecule has 0 aliphatic carbocycles. The number of halogens is 1. The molecule has 1 aromatic carbocycles. The first-order chi connectivity index (χ1) is 13.1. The zero-order valence-corrected chi connectivity index (χ0v) is 19.4. The third-order valence-corrected chi connectivity index (χ3v) is 4.32. The van der Waals surface area contributed by atoms with Gasteiger partial charge in [-0.25, -0.2) is 4.99 Å². The number of benzene rings is 1. The van der Waals surface area contributed by atoms with Gasteiger partial charge in [-0.2, -0.15) is 0 Å². The lowest BCUT2D eigenvalue weighted by atomic mass is 10.3. The number of carbonyl (C=O) groups excluding carboxylic acids is 1. The highest BCUT2D eigenvalue weighted by Crippen LogP contribution is 2.18. The van der Waals surface area contributed by atoms with Crippen molar-refractivity contribution in [2.45, 2.75) is 39.2 Å². The topological polar surface area (TPSA) is 75.2 Å². The summed E-state index contributed by atoms with van der Waals surface area (Å²) in [6.07, 6.45) is 2.55. The summed E-state index contributed by atoms with van der Waals surface area (Å²) in [5, 5.41) is 6.56. The number of carbonyl (C=O) groups is 1. The SMILES string of the molecule is CCNC(=NCC(C)Oc1ccc(OC)cc1)NCCCN1CCCC1=O.I. The molecular weight excluding hydrogens is 471 g/mol. The highest BCUT2D eigenvalue weighted by atomic mass is 127. The summed E-state index contributed by atoms with van der Waals surface area (Å²) in [6, 6.07) is 7.54. The summed E-state index contributed by atoms with van der Waals surface area (Å²) in [5.41, 5.74) is 0. The predicted molar refractivity (Wildman–Crippen MR) is 123 cm³/mol. The number of hydrogen-bond acceptors (Lipinski definition) is 4. The van der Waals surface area contributed by atoms with Crippen LogP contribution in [0.2, 0.25) is 0 Å². The zero-order valence-electron chi connectivity index (χ0n) is 17.1. The van der Waals surface area contributed by atoms with E-state index in [2.05, 4.69) is 15.6 Å². The van der Waals surface area contributed by atoms with Crippen molar-refractivity contribution in [3.8, 4) is 11.5 Å². The summed E-state index contributed by atoms with van der Waals surface area (Å²) in [7, 11) is 1.64. The number of likely N-dealkylation sites (tertiary alicyclic amines) is 1. The molecule has 0 spiro atoms. The molecule has 1 amide bonds. The molecule has 2 rings (SSSR count). The van der Waals surface area contributed by atoms with Crippen LogP contribution in [-0.2, 0) is 4.79 Å². The fourth-order valence-electron chi connectivity index (χ4n) is 2.90. The Bertz CT molecular complexity index is 610. The zero-order chi connectivity index (χ0) is 19.5. The molecule has 2 N–H and O–H groups in total. The van der Waals surface area contributed by atoms with Crippen LogP contribution in [0.15, 0.2) is 29.3 Å². The quantitative estimate of drug-likeness (QED) is 0.222. The van der Waals surface area contributed by atoms with Crippen LogP contribution in [-0.4, -0.2) is 62.7 Å². The van der Waals surface area contributed by atoms with Gasteiger partial charge in [0.25, 0.3) is 0 Å². The van der Waals surface area contributed by atoms with E-state index in [0.717, 1.165) is 56.5 Å². The minimum Gasteiger partial charge on any atom is -0.497 e. The van der Waals surface area contributed by atoms with E-state index in [-0.39, 0.29) is 36.0 Å². The fourth-order valence-corrected chi connectivity index (χ4v) is 2.90. The number of nitrogens with zero attached hydrogens (tertiary/aromatic N) is 2. The van der Waals surface area contributed by atoms with Gasteiger partial charge in [0.1, 0.15) is 17.6 Å². The minimum atomic E-state index is -0.0453. The molecular formula is C20H33IN4O3. The van der Waals surface area contributed by atoms with Crippen LogP contribution in [0, 0.1) is 0 Å². The smallest absolute Gasteiger partial charge is 0.222 e. The van der Waals surface area contributed by atoms with Gasteiger partial charge in [0, 0.05) is 32.6 Å². The maximum Gasteiger partial charge on any atom is 0.222 e. The highest BCUT2D eigenvalue weighted by molar-refractivity contribution is 14.0. The van der Waals surface area contributed by atoms with E-state index in [4.69, 9.17) is 9.47 Å². The Kier molecular flexibility index (Phi) is 11.7. The second kappa shape index (κ2) is 13.5. The summed E-state index contributed by atoms with van der Waals surface area (Å²) in [6.45, 7) is 7.86. The summed E-state index contributed by atoms with van der Waals surface area (Å²) in [4.78, 5) is 18.1. The second-order valence-electron chi connectivity index (χ2n) is 6.59. The molecule has 1 atom stereocenters. The van der Waals surface area contributed by atoms with Crippen molar-refractivity contribution in [2.24, 2.45) is 4.99 Å². The average Bonchev–Trinajstić information content (AvgIpc) is 3.08. The Labute approximate surface area is 185 Å². The van der Waals surface area contributed by atoms with Gasteiger partial charge in [-0.15, -0.1) is 24.0 Å². The molecule has 1 aromatic rings. The molecule has 28 heavy (non-hydrogen) atoms. The molecule has 1 aliphatic heterocycles. The molecule has 7 nitrogen and oxygen atoms in total. The van der Waals surface area contributed by atoms with E-state index in [9.17, 15) is 4.79 Å². The Morgan fingerprint density at radius 3 is 2.57 bits per heavy atom. The summed E-state index contributed by atoms with van der Waals surface area (Å²) >= 11 is 0. The maximum atomic E-state index is 11.6. The third-order valence-electron chi connectivity index (χ3n) is 4.32. The van der Waals surface area contributed by atoms with Gasteiger partial charge in [-0.3, -0.25) is 4.79 Å². The van der Waals surface area contributed by atoms with E-state index in [0.29, 0.717) is 13.0 Å². The van der Waals surface area contributed by atoms with Gasteiger partial charge >= 0.3 is 0 Å². The number of methoxy groups -OCH3 is 1. The van der Waals surface area contributed by atoms with Crippen LogP contribution in [0.1, 0.15) is 33.1 Å². The lowest BCUT2D eigenvalue weighted by Gasteiger charge is -2.17. The molecule has 0 aromatic heterocycles. The van der Waals surface area contributed by atoms with Gasteiger partial charge in [0.15, 0.2) is 5.96 Å². The number of nitrogens with one attached hydrogen (secondary N) is 2. The minimum absolute atomic E-state index is 0. The van der Waals surface area contributed by atoms with E-state index in [1.54, 1.807) is 7.11 Å². The van der Waals surface area contributed by atoms with E-state index >= 15 is 0 Å². The molecule has 1 unspecified atom stereocenters. The van der Waals surface area contributed by atoms with Crippen molar-refractivity contribution in [2.75, 3.05) is 39.8 Å². The van der Waals surface area contributed by atoms with Crippen LogP contribution < -0.4 is 20.1 Å². The normalized spacial score (nSPS) is 15.0. The molecule has 0 bridgehead atoms. The monoisotopic (exact) mass is 504 g/mol. The second-order valence-corrected chi connectivity index (χ2v) is 6.59. The third kappa shape index (κ3) is 8.53. The van der Waals surface area contributed by atoms with Crippen LogP contribution in [0.3, 0.4) is 0 Å². The van der Waals surface area contributed by atoms with Crippen molar-refractivity contribution in [3.63, 3.8) is 0 Å². The van der Waals surface area contributed by atoms with Crippen LogP contribution in [0.5, 0.6) is 11.5 Å². The largest absolute Gasteiger partial charge is 0.497 e. The number of rotatable bonds is 10. The van der Waals surface area contributed by atoms with E-state index in [1.165, 1.54) is 0 Å². The van der Waals surface area contributed by atoms with E-state index < -0.39 is 0 Å². The van der Waals surface area contributed by atoms with Gasteiger partial charge in [-0.05, 0) is 51.0 Å². The van der Waals surface area contributed by atoms with Gasteiger partial charge in [0.05, 0.1) is 13.7 Å². The van der Waals surface area contributed by atoms with Crippen LogP contribution in [0.4, 0.5) is 0 Å². The molecule has 8 heteroatoms. The predicted octanol–water partition coefficient (Wildman–Crippen LogP) is 2.65. The lowest BCUT2D eigenvalue weighted by molar-refractivity contribution is -0.127. The maximum absolute atomic E-state index is 11.6. The van der Waals surface area contributed by atoms with Crippen molar-refractivity contribution in [3.05, 3.63) is 24.3 Å².